The summed E-state index contributed by atoms with van der Waals surface area (Å²) in [5.74, 6) is 0.862. The second kappa shape index (κ2) is 8.15. The van der Waals surface area contributed by atoms with Crippen molar-refractivity contribution in [2.75, 3.05) is 26.1 Å². The van der Waals surface area contributed by atoms with E-state index in [0.717, 1.165) is 24.9 Å². The van der Waals surface area contributed by atoms with Crippen LogP contribution in [0.5, 0.6) is 5.75 Å². The van der Waals surface area contributed by atoms with Gasteiger partial charge in [-0.25, -0.2) is 0 Å². The third kappa shape index (κ3) is 3.89. The Kier molecular flexibility index (Phi) is 5.90. The lowest BCUT2D eigenvalue weighted by Crippen LogP contribution is -2.56. The van der Waals surface area contributed by atoms with Gasteiger partial charge in [-0.3, -0.25) is 4.79 Å². The number of nitrogens with zero attached hydrogens (tertiary/aromatic N) is 1. The highest BCUT2D eigenvalue weighted by Crippen LogP contribution is 2.37. The van der Waals surface area contributed by atoms with Crippen LogP contribution in [0.2, 0.25) is 0 Å². The number of amides is 1. The molecule has 2 fully saturated rings. The Hall–Kier alpha value is -1.97. The fourth-order valence-electron chi connectivity index (χ4n) is 3.96. The SMILES string of the molecule is COc1cc(NCC2CC3CC(Cl)C(OC)CC3NC2=O)ccc1C#N. The van der Waals surface area contributed by atoms with Crippen LogP contribution in [0.15, 0.2) is 18.2 Å². The summed E-state index contributed by atoms with van der Waals surface area (Å²) in [6.45, 7) is 0.533. The van der Waals surface area contributed by atoms with E-state index in [2.05, 4.69) is 16.7 Å². The van der Waals surface area contributed by atoms with Gasteiger partial charge in [0.15, 0.2) is 0 Å². The van der Waals surface area contributed by atoms with Gasteiger partial charge in [0, 0.05) is 31.5 Å². The van der Waals surface area contributed by atoms with Crippen molar-refractivity contribution in [1.29, 1.82) is 5.26 Å². The summed E-state index contributed by atoms with van der Waals surface area (Å²) in [7, 11) is 3.21. The van der Waals surface area contributed by atoms with Crippen LogP contribution in [-0.2, 0) is 9.53 Å². The predicted molar refractivity (Wildman–Crippen MR) is 99.4 cm³/mol. The maximum absolute atomic E-state index is 12.5. The molecule has 1 aliphatic carbocycles. The zero-order chi connectivity index (χ0) is 18.7. The number of halogens is 1. The van der Waals surface area contributed by atoms with Gasteiger partial charge in [-0.2, -0.15) is 5.26 Å². The van der Waals surface area contributed by atoms with Crippen molar-refractivity contribution in [3.8, 4) is 11.8 Å². The van der Waals surface area contributed by atoms with Crippen LogP contribution < -0.4 is 15.4 Å². The summed E-state index contributed by atoms with van der Waals surface area (Å²) < 4.78 is 10.7. The summed E-state index contributed by atoms with van der Waals surface area (Å²) in [5, 5.41) is 15.5. The number of hydrogen-bond donors (Lipinski definition) is 2. The minimum Gasteiger partial charge on any atom is -0.495 e. The van der Waals surface area contributed by atoms with Crippen molar-refractivity contribution in [3.05, 3.63) is 23.8 Å². The molecular formula is C19H24ClN3O3. The highest BCUT2D eigenvalue weighted by Gasteiger charge is 2.42. The molecule has 1 heterocycles. The first-order valence-electron chi connectivity index (χ1n) is 8.85. The number of carbonyl (C=O) groups is 1. The number of fused-ring (bicyclic) bond motifs is 1. The standard InChI is InChI=1S/C19H24ClN3O3/c1-25-17-7-14(4-3-11(17)9-21)22-10-13-5-12-6-15(20)18(26-2)8-16(12)23-19(13)24/h3-4,7,12-13,15-16,18,22H,5-6,8,10H2,1-2H3,(H,23,24). The zero-order valence-corrected chi connectivity index (χ0v) is 15.8. The molecule has 1 saturated carbocycles. The molecular weight excluding hydrogens is 354 g/mol. The Morgan fingerprint density at radius 1 is 1.35 bits per heavy atom. The Morgan fingerprint density at radius 3 is 2.85 bits per heavy atom. The molecule has 140 valence electrons. The number of hydrogen-bond acceptors (Lipinski definition) is 5. The summed E-state index contributed by atoms with van der Waals surface area (Å²) in [6, 6.07) is 7.55. The third-order valence-corrected chi connectivity index (χ3v) is 5.91. The van der Waals surface area contributed by atoms with Gasteiger partial charge < -0.3 is 20.1 Å². The molecule has 1 saturated heterocycles. The zero-order valence-electron chi connectivity index (χ0n) is 15.0. The number of benzene rings is 1. The smallest absolute Gasteiger partial charge is 0.225 e. The molecule has 7 heteroatoms. The summed E-state index contributed by atoms with van der Waals surface area (Å²) in [4.78, 5) is 12.5. The number of alkyl halides is 1. The first kappa shape index (κ1) is 18.8. The Labute approximate surface area is 158 Å². The van der Waals surface area contributed by atoms with Crippen molar-refractivity contribution in [3.63, 3.8) is 0 Å². The number of nitrogens with one attached hydrogen (secondary N) is 2. The molecule has 1 amide bonds. The van der Waals surface area contributed by atoms with Crippen LogP contribution in [0.25, 0.3) is 0 Å². The molecule has 1 aliphatic heterocycles. The monoisotopic (exact) mass is 377 g/mol. The van der Waals surface area contributed by atoms with Crippen molar-refractivity contribution in [1.82, 2.24) is 5.32 Å². The average Bonchev–Trinajstić information content (AvgIpc) is 2.66. The number of nitriles is 1. The van der Waals surface area contributed by atoms with E-state index in [4.69, 9.17) is 26.3 Å². The molecule has 26 heavy (non-hydrogen) atoms. The highest BCUT2D eigenvalue weighted by atomic mass is 35.5. The first-order valence-corrected chi connectivity index (χ1v) is 9.28. The van der Waals surface area contributed by atoms with Gasteiger partial charge in [0.25, 0.3) is 0 Å². The van der Waals surface area contributed by atoms with Crippen LogP contribution in [0.3, 0.4) is 0 Å². The van der Waals surface area contributed by atoms with Gasteiger partial charge in [-0.15, -0.1) is 11.6 Å². The van der Waals surface area contributed by atoms with Gasteiger partial charge in [0.2, 0.25) is 5.91 Å². The molecule has 3 rings (SSSR count). The molecule has 0 aromatic heterocycles. The lowest BCUT2D eigenvalue weighted by Gasteiger charge is -2.43. The first-order chi connectivity index (χ1) is 12.5. The number of methoxy groups -OCH3 is 2. The van der Waals surface area contributed by atoms with Gasteiger partial charge in [-0.1, -0.05) is 0 Å². The van der Waals surface area contributed by atoms with Gasteiger partial charge in [0.05, 0.1) is 30.1 Å². The predicted octanol–water partition coefficient (Wildman–Crippen LogP) is 2.52. The van der Waals surface area contributed by atoms with Crippen LogP contribution in [0.4, 0.5) is 5.69 Å². The normalized spacial score (nSPS) is 30.7. The fourth-order valence-corrected chi connectivity index (χ4v) is 4.40. The molecule has 2 N–H and O–H groups in total. The number of anilines is 1. The van der Waals surface area contributed by atoms with Gasteiger partial charge in [-0.05, 0) is 37.3 Å². The minimum absolute atomic E-state index is 0.000921. The lowest BCUT2D eigenvalue weighted by atomic mass is 9.74. The lowest BCUT2D eigenvalue weighted by molar-refractivity contribution is -0.130. The van der Waals surface area contributed by atoms with Gasteiger partial charge in [0.1, 0.15) is 11.8 Å². The molecule has 5 atom stereocenters. The van der Waals surface area contributed by atoms with Crippen molar-refractivity contribution < 1.29 is 14.3 Å². The second-order valence-electron chi connectivity index (χ2n) is 6.98. The molecule has 0 bridgehead atoms. The fraction of sp³-hybridized carbons (Fsp3) is 0.579. The van der Waals surface area contributed by atoms with Crippen LogP contribution in [0, 0.1) is 23.2 Å². The minimum atomic E-state index is -0.110. The molecule has 0 radical (unpaired) electrons. The molecule has 6 nitrogen and oxygen atoms in total. The quantitative estimate of drug-likeness (QED) is 0.770. The topological polar surface area (TPSA) is 83.4 Å². The van der Waals surface area contributed by atoms with E-state index in [1.807, 2.05) is 6.07 Å². The van der Waals surface area contributed by atoms with Crippen molar-refractivity contribution in [2.24, 2.45) is 11.8 Å². The van der Waals surface area contributed by atoms with E-state index in [1.54, 1.807) is 19.2 Å². The van der Waals surface area contributed by atoms with E-state index < -0.39 is 0 Å². The Balaban J connectivity index is 1.61. The van der Waals surface area contributed by atoms with Gasteiger partial charge >= 0.3 is 0 Å². The summed E-state index contributed by atoms with van der Waals surface area (Å²) in [5.41, 5.74) is 1.31. The molecule has 1 aromatic rings. The number of rotatable bonds is 5. The van der Waals surface area contributed by atoms with Crippen LogP contribution >= 0.6 is 11.6 Å². The maximum Gasteiger partial charge on any atom is 0.225 e. The van der Waals surface area contributed by atoms with E-state index in [0.29, 0.717) is 23.8 Å². The number of ether oxygens (including phenoxy) is 2. The third-order valence-electron chi connectivity index (χ3n) is 5.45. The number of piperidine rings is 1. The maximum atomic E-state index is 12.5. The van der Waals surface area contributed by atoms with E-state index in [-0.39, 0.29) is 29.3 Å². The molecule has 5 unspecified atom stereocenters. The van der Waals surface area contributed by atoms with Crippen LogP contribution in [-0.4, -0.2) is 44.2 Å². The second-order valence-corrected chi connectivity index (χ2v) is 7.54. The Bertz CT molecular complexity index is 706. The summed E-state index contributed by atoms with van der Waals surface area (Å²) >= 11 is 6.43. The molecule has 0 spiro atoms. The molecule has 2 aliphatic rings. The number of carbonyl (C=O) groups excluding carboxylic acids is 1. The van der Waals surface area contributed by atoms with Crippen LogP contribution in [0.1, 0.15) is 24.8 Å². The summed E-state index contributed by atoms with van der Waals surface area (Å²) in [6.07, 6.45) is 2.44. The van der Waals surface area contributed by atoms with E-state index >= 15 is 0 Å². The molecule has 1 aromatic carbocycles. The highest BCUT2D eigenvalue weighted by molar-refractivity contribution is 6.21. The Morgan fingerprint density at radius 2 is 2.15 bits per heavy atom. The largest absolute Gasteiger partial charge is 0.495 e. The van der Waals surface area contributed by atoms with Crippen molar-refractivity contribution >= 4 is 23.2 Å². The van der Waals surface area contributed by atoms with E-state index in [1.165, 1.54) is 7.11 Å². The van der Waals surface area contributed by atoms with Crippen molar-refractivity contribution in [2.45, 2.75) is 36.8 Å². The average molecular weight is 378 g/mol. The van der Waals surface area contributed by atoms with E-state index in [9.17, 15) is 4.79 Å².